The number of nitrogens with zero attached hydrogens (tertiary/aromatic N) is 3. The number of rotatable bonds is 3. The molecule has 110 valence electrons. The number of fused-ring (bicyclic) bond motifs is 1. The molecule has 2 fully saturated rings. The molecule has 0 bridgehead atoms. The summed E-state index contributed by atoms with van der Waals surface area (Å²) in [7, 11) is -0.338. The minimum atomic E-state index is -3.39. The second kappa shape index (κ2) is 4.98. The first-order valence-electron chi connectivity index (χ1n) is 6.83. The average Bonchev–Trinajstić information content (AvgIpc) is 2.99. The standard InChI is InChI=1S/C13H20N4O2S/c1-16(2)20(18,19)12-3-4-13(15-7-12)17-8-10-5-14-6-11(10)9-17/h3-4,7,10-11,14H,5-6,8-9H2,1-2H3/t10-,11+. The second-order valence-electron chi connectivity index (χ2n) is 5.72. The van der Waals surface area contributed by atoms with Crippen LogP contribution in [0.3, 0.4) is 0 Å². The Morgan fingerprint density at radius 2 is 1.90 bits per heavy atom. The van der Waals surface area contributed by atoms with E-state index in [9.17, 15) is 8.42 Å². The highest BCUT2D eigenvalue weighted by molar-refractivity contribution is 7.89. The lowest BCUT2D eigenvalue weighted by Gasteiger charge is -2.19. The normalized spacial score (nSPS) is 26.2. The van der Waals surface area contributed by atoms with Crippen LogP contribution in [0, 0.1) is 11.8 Å². The van der Waals surface area contributed by atoms with Crippen molar-refractivity contribution in [2.24, 2.45) is 11.8 Å². The quantitative estimate of drug-likeness (QED) is 0.850. The van der Waals surface area contributed by atoms with Gasteiger partial charge in [0.25, 0.3) is 0 Å². The van der Waals surface area contributed by atoms with Crippen molar-refractivity contribution in [1.29, 1.82) is 0 Å². The van der Waals surface area contributed by atoms with E-state index in [-0.39, 0.29) is 4.90 Å². The summed E-state index contributed by atoms with van der Waals surface area (Å²) in [6.07, 6.45) is 1.46. The fourth-order valence-corrected chi connectivity index (χ4v) is 3.81. The number of hydrogen-bond acceptors (Lipinski definition) is 5. The molecule has 3 rings (SSSR count). The van der Waals surface area contributed by atoms with Crippen molar-refractivity contribution in [2.45, 2.75) is 4.90 Å². The van der Waals surface area contributed by atoms with Crippen molar-refractivity contribution in [3.63, 3.8) is 0 Å². The molecule has 0 spiro atoms. The van der Waals surface area contributed by atoms with Gasteiger partial charge in [0.05, 0.1) is 0 Å². The van der Waals surface area contributed by atoms with Crippen molar-refractivity contribution in [1.82, 2.24) is 14.6 Å². The molecule has 1 aromatic heterocycles. The Hall–Kier alpha value is -1.18. The van der Waals surface area contributed by atoms with Crippen LogP contribution in [0.15, 0.2) is 23.2 Å². The van der Waals surface area contributed by atoms with Crippen molar-refractivity contribution >= 4 is 15.8 Å². The van der Waals surface area contributed by atoms with Crippen LogP contribution in [0.1, 0.15) is 0 Å². The molecule has 3 heterocycles. The van der Waals surface area contributed by atoms with Crippen LogP contribution in [-0.2, 0) is 10.0 Å². The van der Waals surface area contributed by atoms with Crippen LogP contribution in [0.2, 0.25) is 0 Å². The molecule has 0 saturated carbocycles. The van der Waals surface area contributed by atoms with E-state index in [0.29, 0.717) is 11.8 Å². The van der Waals surface area contributed by atoms with E-state index >= 15 is 0 Å². The molecule has 20 heavy (non-hydrogen) atoms. The maximum atomic E-state index is 12.0. The predicted molar refractivity (Wildman–Crippen MR) is 77.2 cm³/mol. The molecule has 0 aliphatic carbocycles. The smallest absolute Gasteiger partial charge is 0.244 e. The molecular formula is C13H20N4O2S. The van der Waals surface area contributed by atoms with Crippen LogP contribution in [0.4, 0.5) is 5.82 Å². The molecule has 0 aromatic carbocycles. The predicted octanol–water partition coefficient (Wildman–Crippen LogP) is -0.0125. The van der Waals surface area contributed by atoms with Gasteiger partial charge >= 0.3 is 0 Å². The van der Waals surface area contributed by atoms with Gasteiger partial charge < -0.3 is 10.2 Å². The average molecular weight is 296 g/mol. The van der Waals surface area contributed by atoms with Crippen molar-refractivity contribution in [3.8, 4) is 0 Å². The van der Waals surface area contributed by atoms with E-state index in [2.05, 4.69) is 15.2 Å². The number of nitrogens with one attached hydrogen (secondary N) is 1. The third-order valence-electron chi connectivity index (χ3n) is 4.21. The van der Waals surface area contributed by atoms with Crippen LogP contribution < -0.4 is 10.2 Å². The van der Waals surface area contributed by atoms with Crippen LogP contribution in [0.5, 0.6) is 0 Å². The summed E-state index contributed by atoms with van der Waals surface area (Å²) in [6.45, 7) is 4.16. The first kappa shape index (κ1) is 13.8. The zero-order chi connectivity index (χ0) is 14.3. The van der Waals surface area contributed by atoms with Gasteiger partial charge in [-0.25, -0.2) is 17.7 Å². The molecular weight excluding hydrogens is 276 g/mol. The molecule has 1 N–H and O–H groups in total. The summed E-state index contributed by atoms with van der Waals surface area (Å²) in [5.74, 6) is 2.26. The fourth-order valence-electron chi connectivity index (χ4n) is 2.97. The summed E-state index contributed by atoms with van der Waals surface area (Å²) in [6, 6.07) is 3.45. The van der Waals surface area contributed by atoms with Gasteiger partial charge in [-0.15, -0.1) is 0 Å². The van der Waals surface area contributed by atoms with Gasteiger partial charge in [-0.2, -0.15) is 0 Å². The number of aromatic nitrogens is 1. The molecule has 6 nitrogen and oxygen atoms in total. The summed E-state index contributed by atoms with van der Waals surface area (Å²) in [5.41, 5.74) is 0. The first-order chi connectivity index (χ1) is 9.48. The minimum Gasteiger partial charge on any atom is -0.356 e. The van der Waals surface area contributed by atoms with Gasteiger partial charge in [0.1, 0.15) is 10.7 Å². The lowest BCUT2D eigenvalue weighted by atomic mass is 10.0. The Labute approximate surface area is 119 Å². The molecule has 0 unspecified atom stereocenters. The molecule has 2 atom stereocenters. The molecule has 1 aromatic rings. The van der Waals surface area contributed by atoms with Crippen molar-refractivity contribution in [2.75, 3.05) is 45.2 Å². The van der Waals surface area contributed by atoms with E-state index < -0.39 is 10.0 Å². The fraction of sp³-hybridized carbons (Fsp3) is 0.615. The Morgan fingerprint density at radius 3 is 2.40 bits per heavy atom. The summed E-state index contributed by atoms with van der Waals surface area (Å²) in [4.78, 5) is 6.83. The van der Waals surface area contributed by atoms with Gasteiger partial charge in [0.2, 0.25) is 10.0 Å². The Morgan fingerprint density at radius 1 is 1.25 bits per heavy atom. The number of pyridine rings is 1. The zero-order valence-corrected chi connectivity index (χ0v) is 12.6. The zero-order valence-electron chi connectivity index (χ0n) is 11.8. The lowest BCUT2D eigenvalue weighted by molar-refractivity contribution is 0.520. The molecule has 0 radical (unpaired) electrons. The monoisotopic (exact) mass is 296 g/mol. The number of hydrogen-bond donors (Lipinski definition) is 1. The van der Waals surface area contributed by atoms with E-state index in [1.54, 1.807) is 6.07 Å². The largest absolute Gasteiger partial charge is 0.356 e. The molecule has 2 saturated heterocycles. The highest BCUT2D eigenvalue weighted by Crippen LogP contribution is 2.29. The van der Waals surface area contributed by atoms with Gasteiger partial charge in [-0.1, -0.05) is 0 Å². The highest BCUT2D eigenvalue weighted by atomic mass is 32.2. The van der Waals surface area contributed by atoms with E-state index in [1.807, 2.05) is 6.07 Å². The Kier molecular flexibility index (Phi) is 3.43. The maximum absolute atomic E-state index is 12.0. The van der Waals surface area contributed by atoms with Gasteiger partial charge in [0.15, 0.2) is 0 Å². The number of sulfonamides is 1. The number of anilines is 1. The topological polar surface area (TPSA) is 65.5 Å². The van der Waals surface area contributed by atoms with E-state index in [0.717, 1.165) is 32.0 Å². The molecule has 0 amide bonds. The van der Waals surface area contributed by atoms with Crippen LogP contribution in [-0.4, -0.2) is 58.0 Å². The summed E-state index contributed by atoms with van der Waals surface area (Å²) < 4.78 is 25.2. The Balaban J connectivity index is 1.77. The van der Waals surface area contributed by atoms with Gasteiger partial charge in [-0.3, -0.25) is 0 Å². The third-order valence-corrected chi connectivity index (χ3v) is 6.01. The Bertz CT molecular complexity index is 573. The third kappa shape index (κ3) is 2.30. The van der Waals surface area contributed by atoms with Crippen molar-refractivity contribution in [3.05, 3.63) is 18.3 Å². The highest BCUT2D eigenvalue weighted by Gasteiger charge is 2.36. The summed E-state index contributed by atoms with van der Waals surface area (Å²) in [5, 5.41) is 3.41. The van der Waals surface area contributed by atoms with E-state index in [1.165, 1.54) is 24.6 Å². The molecule has 2 aliphatic rings. The maximum Gasteiger partial charge on any atom is 0.244 e. The van der Waals surface area contributed by atoms with E-state index in [4.69, 9.17) is 0 Å². The van der Waals surface area contributed by atoms with Gasteiger partial charge in [0, 0.05) is 46.5 Å². The van der Waals surface area contributed by atoms with Crippen LogP contribution in [0.25, 0.3) is 0 Å². The SMILES string of the molecule is CN(C)S(=O)(=O)c1ccc(N2C[C@H]3CNC[C@H]3C2)nc1. The first-order valence-corrected chi connectivity index (χ1v) is 8.27. The lowest BCUT2D eigenvalue weighted by Crippen LogP contribution is -2.26. The molecule has 2 aliphatic heterocycles. The van der Waals surface area contributed by atoms with Crippen LogP contribution >= 0.6 is 0 Å². The minimum absolute atomic E-state index is 0.243. The van der Waals surface area contributed by atoms with Crippen molar-refractivity contribution < 1.29 is 8.42 Å². The second-order valence-corrected chi connectivity index (χ2v) is 7.87. The molecule has 7 heteroatoms. The summed E-state index contributed by atoms with van der Waals surface area (Å²) >= 11 is 0. The van der Waals surface area contributed by atoms with Gasteiger partial charge in [-0.05, 0) is 24.0 Å².